The number of nitrogens with zero attached hydrogens (tertiary/aromatic N) is 6. The molecular formula is C79H98ClF3N10O12S4. The summed E-state index contributed by atoms with van der Waals surface area (Å²) >= 11 is 9.19. The number of ether oxygens (including phenoxy) is 2. The summed E-state index contributed by atoms with van der Waals surface area (Å²) in [5.74, 6) is -2.55. The number of β-amino-alcohol motifs (C(OH)–C–C–N with tert-alkyl or cyclic N) is 1. The number of rotatable bonds is 29. The molecule has 0 spiro atoms. The second kappa shape index (κ2) is 35.5. The lowest BCUT2D eigenvalue weighted by Crippen LogP contribution is -2.58. The number of hydrogen-bond acceptors (Lipinski definition) is 19. The molecule has 6 aromatic rings. The van der Waals surface area contributed by atoms with Gasteiger partial charge in [0.1, 0.15) is 30.2 Å². The highest BCUT2D eigenvalue weighted by Crippen LogP contribution is 2.44. The Morgan fingerprint density at radius 3 is 2.20 bits per heavy atom. The van der Waals surface area contributed by atoms with Crippen LogP contribution in [0.25, 0.3) is 16.0 Å². The van der Waals surface area contributed by atoms with E-state index in [0.717, 1.165) is 102 Å². The fraction of sp³-hybridized carbons (Fsp3) is 0.494. The maximum absolute atomic E-state index is 14.7. The van der Waals surface area contributed by atoms with Gasteiger partial charge in [-0.15, -0.1) is 23.1 Å². The summed E-state index contributed by atoms with van der Waals surface area (Å²) in [5.41, 5.74) is 3.50. The van der Waals surface area contributed by atoms with Crippen molar-refractivity contribution in [3.05, 3.63) is 159 Å². The smallest absolute Gasteiger partial charge is 0.391 e. The number of aromatic nitrogens is 1. The predicted molar refractivity (Wildman–Crippen MR) is 417 cm³/mol. The van der Waals surface area contributed by atoms with Gasteiger partial charge in [0, 0.05) is 124 Å². The Kier molecular flexibility index (Phi) is 26.9. The number of halogens is 4. The normalized spacial score (nSPS) is 19.5. The number of benzene rings is 5. The molecule has 3 fully saturated rings. The van der Waals surface area contributed by atoms with Gasteiger partial charge in [-0.05, 0) is 158 Å². The number of piperazine rings is 2. The average Bonchev–Trinajstić information content (AvgIpc) is 1.43. The summed E-state index contributed by atoms with van der Waals surface area (Å²) < 4.78 is 112. The van der Waals surface area contributed by atoms with Gasteiger partial charge >= 0.3 is 5.51 Å². The molecule has 0 saturated carbocycles. The van der Waals surface area contributed by atoms with E-state index in [1.807, 2.05) is 85.3 Å². The summed E-state index contributed by atoms with van der Waals surface area (Å²) in [6, 6.07) is 29.5. The molecule has 588 valence electrons. The van der Waals surface area contributed by atoms with Crippen LogP contribution in [-0.2, 0) is 54.9 Å². The molecule has 1 aliphatic carbocycles. The van der Waals surface area contributed by atoms with Crippen LogP contribution in [0.1, 0.15) is 125 Å². The number of aliphatic hydroxyl groups is 1. The molecule has 5 N–H and O–H groups in total. The number of allylic oxidation sites excluding steroid dienone is 1. The maximum Gasteiger partial charge on any atom is 0.501 e. The van der Waals surface area contributed by atoms with Crippen molar-refractivity contribution in [2.45, 2.75) is 156 Å². The Balaban J connectivity index is 0.635. The molecule has 5 amide bonds. The van der Waals surface area contributed by atoms with Crippen LogP contribution in [0.5, 0.6) is 0 Å². The van der Waals surface area contributed by atoms with Crippen molar-refractivity contribution in [1.82, 2.24) is 39.9 Å². The fourth-order valence-corrected chi connectivity index (χ4v) is 18.9. The first-order valence-corrected chi connectivity index (χ1v) is 42.2. The molecule has 3 saturated heterocycles. The fourth-order valence-electron chi connectivity index (χ4n) is 15.0. The molecule has 5 aromatic carbocycles. The third-order valence-corrected chi connectivity index (χ3v) is 26.3. The molecule has 0 radical (unpaired) electrons. The number of aryl methyl sites for hydroxylation is 2. The molecule has 30 heteroatoms. The van der Waals surface area contributed by atoms with Gasteiger partial charge in [-0.25, -0.2) is 26.5 Å². The van der Waals surface area contributed by atoms with E-state index in [-0.39, 0.29) is 74.5 Å². The summed E-state index contributed by atoms with van der Waals surface area (Å²) in [7, 11) is -11.2. The second-order valence-corrected chi connectivity index (χ2v) is 36.7. The van der Waals surface area contributed by atoms with Crippen molar-refractivity contribution in [2.75, 3.05) is 108 Å². The molecule has 1 unspecified atom stereocenters. The molecule has 4 aliphatic heterocycles. The van der Waals surface area contributed by atoms with E-state index < -0.39 is 100 Å². The number of thioether (sulfide) groups is 1. The molecule has 5 aliphatic rings. The highest BCUT2D eigenvalue weighted by Gasteiger charge is 2.49. The van der Waals surface area contributed by atoms with E-state index in [4.69, 9.17) is 21.1 Å². The molecular weight excluding hydrogens is 1500 g/mol. The number of nitrogens with one attached hydrogen (secondary N) is 4. The molecule has 11 rings (SSSR count). The van der Waals surface area contributed by atoms with Crippen molar-refractivity contribution < 1.29 is 68.6 Å². The summed E-state index contributed by atoms with van der Waals surface area (Å²) in [6.07, 6.45) is 4.21. The van der Waals surface area contributed by atoms with E-state index in [1.165, 1.54) is 39.4 Å². The monoisotopic (exact) mass is 1600 g/mol. The number of amides is 5. The van der Waals surface area contributed by atoms with Crippen LogP contribution in [0.2, 0.25) is 5.02 Å². The minimum absolute atomic E-state index is 0.0120. The maximum atomic E-state index is 14.7. The predicted octanol–water partition coefficient (Wildman–Crippen LogP) is 11.2. The molecule has 109 heavy (non-hydrogen) atoms. The number of alkyl halides is 3. The van der Waals surface area contributed by atoms with Gasteiger partial charge in [-0.1, -0.05) is 106 Å². The largest absolute Gasteiger partial charge is 0.501 e. The number of anilines is 2. The Labute approximate surface area is 650 Å². The van der Waals surface area contributed by atoms with Gasteiger partial charge in [-0.2, -0.15) is 13.2 Å². The summed E-state index contributed by atoms with van der Waals surface area (Å²) in [6.45, 7) is 18.5. The number of hydrogen-bond donors (Lipinski definition) is 5. The number of carbonyl (C=O) groups is 5. The van der Waals surface area contributed by atoms with Crippen LogP contribution in [-0.4, -0.2) is 209 Å². The lowest BCUT2D eigenvalue weighted by atomic mass is 9.72. The van der Waals surface area contributed by atoms with Crippen LogP contribution in [0.15, 0.2) is 141 Å². The van der Waals surface area contributed by atoms with Gasteiger partial charge in [-0.3, -0.25) is 33.8 Å². The van der Waals surface area contributed by atoms with Gasteiger partial charge in [0.15, 0.2) is 0 Å². The van der Waals surface area contributed by atoms with Crippen molar-refractivity contribution in [3.63, 3.8) is 0 Å². The molecule has 1 aromatic heterocycles. The van der Waals surface area contributed by atoms with Crippen LogP contribution >= 0.6 is 34.7 Å². The first-order chi connectivity index (χ1) is 51.7. The zero-order valence-electron chi connectivity index (χ0n) is 62.5. The first-order valence-electron chi connectivity index (χ1n) is 37.0. The zero-order chi connectivity index (χ0) is 78.2. The quantitative estimate of drug-likeness (QED) is 0.0216. The van der Waals surface area contributed by atoms with E-state index in [9.17, 15) is 59.1 Å². The van der Waals surface area contributed by atoms with Crippen LogP contribution in [0.4, 0.5) is 24.5 Å². The van der Waals surface area contributed by atoms with Crippen LogP contribution in [0, 0.1) is 17.8 Å². The number of carbonyl (C=O) groups excluding carboxylic acids is 5. The van der Waals surface area contributed by atoms with Crippen LogP contribution in [0.3, 0.4) is 0 Å². The number of sulfonamides is 1. The van der Waals surface area contributed by atoms with Gasteiger partial charge in [0.25, 0.3) is 25.8 Å². The molecule has 5 heterocycles. The number of thiazole rings is 1. The van der Waals surface area contributed by atoms with Crippen molar-refractivity contribution >= 4 is 101 Å². The molecule has 6 atom stereocenters. The van der Waals surface area contributed by atoms with E-state index in [2.05, 4.69) is 61.6 Å². The summed E-state index contributed by atoms with van der Waals surface area (Å²) in [4.78, 5) is 82.4. The second-order valence-electron chi connectivity index (χ2n) is 30.8. The first kappa shape index (κ1) is 82.5. The minimum Gasteiger partial charge on any atom is -0.391 e. The Morgan fingerprint density at radius 1 is 0.817 bits per heavy atom. The molecule has 22 nitrogen and oxygen atoms in total. The van der Waals surface area contributed by atoms with E-state index >= 15 is 0 Å². The molecule has 0 bridgehead atoms. The van der Waals surface area contributed by atoms with Crippen molar-refractivity contribution in [3.8, 4) is 10.4 Å². The van der Waals surface area contributed by atoms with Gasteiger partial charge in [0.05, 0.1) is 38.8 Å². The van der Waals surface area contributed by atoms with E-state index in [1.54, 1.807) is 54.7 Å². The SMILES string of the molecule is Cc1ncsc1-c1ccc([C@H](C)NC(=O)[C@@H]2C[C@@H](O)CN2C(=O)[C@@H](NC(=O)COCCCOCC(=O)N2CCN(CC[C@H](CSc3ccccc3)Nc3ccc(S(=O)(=O)NC(=O)c4ccc5c(c4)CCC4CN(CC6=C(c7ccc(Cl)cc7)CCC(C)(C)C6)CCN54)cc3S(=O)(=O)C(F)(F)F)CC2)C(C)(C)C)cc1. The number of likely N-dealkylation sites (tertiary alicyclic amines) is 1. The Bertz CT molecular complexity index is 4500. The number of sulfone groups is 1. The van der Waals surface area contributed by atoms with Crippen LogP contribution < -0.4 is 25.6 Å². The van der Waals surface area contributed by atoms with Crippen molar-refractivity contribution in [2.24, 2.45) is 10.8 Å². The lowest BCUT2D eigenvalue weighted by Gasteiger charge is -2.47. The third-order valence-electron chi connectivity index (χ3n) is 21.0. The standard InChI is InChI=1S/C79H98ClF3N10O12S4/c1-51(53-14-16-55(17-15-53)72-52(2)84-50-107-72)85-75(98)68-41-62(94)46-93(68)76(99)73(77(3,4)5)87-70(95)47-104-38-11-39-105-48-71(96)91-35-32-89(33-36-91)31-29-60(49-106-63-12-9-8-10-13-63)86-66-26-25-64(42-69(66)108(100,101)79(81,82)83)109(102,103)88-74(97)57-21-27-67-56(40-57)20-24-61-45-90(34-37-92(61)67)44-58-43-78(6,7)30-28-65(58)54-18-22-59(80)23-19-54/h8-10,12-19,21-23,25-27,40,42,50-51,60-62,68,73,86,94H,11,20,24,28-39,41,43-49H2,1-7H3,(H,85,98)(H,87,95)(H,88,97)/t51-,60+,61?,62+,68-,73+/m0/s1. The zero-order valence-corrected chi connectivity index (χ0v) is 66.6. The van der Waals surface area contributed by atoms with Crippen molar-refractivity contribution in [1.29, 1.82) is 0 Å². The minimum atomic E-state index is -6.19. The van der Waals surface area contributed by atoms with E-state index in [0.29, 0.717) is 56.7 Å². The number of fused-ring (bicyclic) bond motifs is 3. The topological polar surface area (TPSA) is 270 Å². The average molecular weight is 1600 g/mol. The highest BCUT2D eigenvalue weighted by atomic mass is 35.5. The lowest BCUT2D eigenvalue weighted by molar-refractivity contribution is -0.144. The van der Waals surface area contributed by atoms with Gasteiger partial charge in [0.2, 0.25) is 23.6 Å². The Hall–Kier alpha value is -7.45. The number of aliphatic hydroxyl groups excluding tert-OH is 1. The Morgan fingerprint density at radius 2 is 1.51 bits per heavy atom. The van der Waals surface area contributed by atoms with Gasteiger partial charge < -0.3 is 45.2 Å². The highest BCUT2D eigenvalue weighted by molar-refractivity contribution is 7.99. The summed E-state index contributed by atoms with van der Waals surface area (Å²) in [5, 5.41) is 20.2. The third kappa shape index (κ3) is 21.0.